The zero-order valence-corrected chi connectivity index (χ0v) is 16.2. The number of carbonyl (C=O) groups is 2. The largest absolute Gasteiger partial charge is 0.434 e. The highest BCUT2D eigenvalue weighted by atomic mass is 32.2. The maximum atomic E-state index is 12.0. The summed E-state index contributed by atoms with van der Waals surface area (Å²) in [4.78, 5) is 22.7. The number of cyclic esters (lactones) is 1. The van der Waals surface area contributed by atoms with Crippen molar-refractivity contribution in [2.45, 2.75) is 65.8 Å². The Hall–Kier alpha value is -1.19. The molecule has 1 unspecified atom stereocenters. The molecule has 25 heavy (non-hydrogen) atoms. The van der Waals surface area contributed by atoms with Crippen LogP contribution in [0.25, 0.3) is 0 Å². The molecule has 0 aromatic heterocycles. The first-order valence-electron chi connectivity index (χ1n) is 8.55. The Balaban J connectivity index is 2.48. The normalized spacial score (nSPS) is 21.2. The van der Waals surface area contributed by atoms with Crippen molar-refractivity contribution in [2.75, 3.05) is 18.9 Å². The molecule has 1 heterocycles. The minimum Gasteiger partial charge on any atom is -0.434 e. The van der Waals surface area contributed by atoms with Crippen LogP contribution in [0.4, 0.5) is 0 Å². The molecule has 1 aliphatic rings. The van der Waals surface area contributed by atoms with Gasteiger partial charge >= 0.3 is 5.97 Å². The monoisotopic (exact) mass is 379 g/mol. The van der Waals surface area contributed by atoms with Gasteiger partial charge in [-0.2, -0.15) is 8.42 Å². The van der Waals surface area contributed by atoms with E-state index >= 15 is 0 Å². The molecule has 1 aliphatic heterocycles. The first kappa shape index (κ1) is 21.9. The van der Waals surface area contributed by atoms with Crippen molar-refractivity contribution in [1.29, 1.82) is 0 Å². The highest BCUT2D eigenvalue weighted by Crippen LogP contribution is 2.32. The molecule has 0 aromatic carbocycles. The molecule has 1 amide bonds. The van der Waals surface area contributed by atoms with E-state index in [0.29, 0.717) is 6.42 Å². The van der Waals surface area contributed by atoms with Crippen LogP contribution in [0.5, 0.6) is 0 Å². The Bertz CT molecular complexity index is 559. The minimum atomic E-state index is -3.75. The molecule has 1 fully saturated rings. The summed E-state index contributed by atoms with van der Waals surface area (Å²) >= 11 is 0. The van der Waals surface area contributed by atoms with Crippen molar-refractivity contribution >= 4 is 22.0 Å². The van der Waals surface area contributed by atoms with Crippen LogP contribution in [0, 0.1) is 5.41 Å². The minimum absolute atomic E-state index is 0.185. The smallest absolute Gasteiger partial charge is 0.338 e. The van der Waals surface area contributed by atoms with Gasteiger partial charge in [-0.05, 0) is 12.8 Å². The first-order chi connectivity index (χ1) is 11.6. The van der Waals surface area contributed by atoms with Gasteiger partial charge in [-0.1, -0.05) is 27.2 Å². The van der Waals surface area contributed by atoms with E-state index in [1.165, 1.54) is 6.92 Å². The third-order valence-electron chi connectivity index (χ3n) is 3.81. The lowest BCUT2D eigenvalue weighted by Crippen LogP contribution is -2.39. The van der Waals surface area contributed by atoms with E-state index in [9.17, 15) is 18.0 Å². The van der Waals surface area contributed by atoms with Crippen LogP contribution in [0.2, 0.25) is 0 Å². The molecule has 8 nitrogen and oxygen atoms in total. The van der Waals surface area contributed by atoms with Crippen LogP contribution in [-0.2, 0) is 33.4 Å². The average Bonchev–Trinajstić information content (AvgIpc) is 2.89. The second-order valence-electron chi connectivity index (χ2n) is 6.87. The Morgan fingerprint density at radius 2 is 2.00 bits per heavy atom. The van der Waals surface area contributed by atoms with Crippen molar-refractivity contribution in [3.63, 3.8) is 0 Å². The molecule has 0 bridgehead atoms. The Kier molecular flexibility index (Phi) is 8.30. The molecule has 0 radical (unpaired) electrons. The van der Waals surface area contributed by atoms with Crippen molar-refractivity contribution in [1.82, 2.24) is 5.32 Å². The summed E-state index contributed by atoms with van der Waals surface area (Å²) in [5.74, 6) is -0.912. The lowest BCUT2D eigenvalue weighted by molar-refractivity contribution is -0.144. The fourth-order valence-corrected chi connectivity index (χ4v) is 3.42. The van der Waals surface area contributed by atoms with Gasteiger partial charge in [0.05, 0.1) is 12.4 Å². The molecule has 0 saturated carbocycles. The molecule has 2 atom stereocenters. The van der Waals surface area contributed by atoms with E-state index in [1.807, 2.05) is 6.92 Å². The van der Waals surface area contributed by atoms with Crippen LogP contribution in [0.3, 0.4) is 0 Å². The molecule has 0 spiro atoms. The second-order valence-corrected chi connectivity index (χ2v) is 8.63. The van der Waals surface area contributed by atoms with Gasteiger partial charge in [0, 0.05) is 25.3 Å². The Labute approximate surface area is 149 Å². The number of amides is 1. The summed E-state index contributed by atoms with van der Waals surface area (Å²) in [6, 6.07) is 0. The SMILES string of the molecule is CCCCC1OC(=O)[C@@H](C(C)(C)COS(=O)(=O)CCCNC(C)=O)O1. The van der Waals surface area contributed by atoms with Crippen molar-refractivity contribution < 1.29 is 31.7 Å². The predicted octanol–water partition coefficient (Wildman–Crippen LogP) is 1.34. The molecule has 0 aromatic rings. The van der Waals surface area contributed by atoms with Crippen LogP contribution in [0.15, 0.2) is 0 Å². The van der Waals surface area contributed by atoms with Gasteiger partial charge in [0.25, 0.3) is 10.1 Å². The average molecular weight is 379 g/mol. The number of rotatable bonds is 11. The summed E-state index contributed by atoms with van der Waals surface area (Å²) in [6.45, 7) is 6.88. The quantitative estimate of drug-likeness (QED) is 0.328. The van der Waals surface area contributed by atoms with E-state index in [4.69, 9.17) is 13.7 Å². The second kappa shape index (κ2) is 9.49. The van der Waals surface area contributed by atoms with Crippen LogP contribution in [0.1, 0.15) is 53.4 Å². The third kappa shape index (κ3) is 7.70. The Morgan fingerprint density at radius 1 is 1.32 bits per heavy atom. The molecule has 1 rings (SSSR count). The molecular formula is C16H29NO7S. The number of ether oxygens (including phenoxy) is 2. The van der Waals surface area contributed by atoms with Gasteiger partial charge in [-0.3, -0.25) is 8.98 Å². The van der Waals surface area contributed by atoms with E-state index in [-0.39, 0.29) is 31.2 Å². The molecule has 146 valence electrons. The molecule has 1 N–H and O–H groups in total. The highest BCUT2D eigenvalue weighted by Gasteiger charge is 2.46. The van der Waals surface area contributed by atoms with Crippen LogP contribution >= 0.6 is 0 Å². The van der Waals surface area contributed by atoms with Gasteiger partial charge in [0.2, 0.25) is 12.2 Å². The number of unbranched alkanes of at least 4 members (excludes halogenated alkanes) is 1. The summed E-state index contributed by atoms with van der Waals surface area (Å²) in [6.07, 6.45) is 1.28. The van der Waals surface area contributed by atoms with Crippen molar-refractivity contribution in [3.05, 3.63) is 0 Å². The zero-order chi connectivity index (χ0) is 19.1. The van der Waals surface area contributed by atoms with Crippen molar-refractivity contribution in [2.24, 2.45) is 5.41 Å². The summed E-state index contributed by atoms with van der Waals surface area (Å²) in [5, 5.41) is 2.52. The first-order valence-corrected chi connectivity index (χ1v) is 10.1. The van der Waals surface area contributed by atoms with Crippen LogP contribution in [-0.4, -0.2) is 51.6 Å². The highest BCUT2D eigenvalue weighted by molar-refractivity contribution is 7.86. The Morgan fingerprint density at radius 3 is 2.60 bits per heavy atom. The maximum Gasteiger partial charge on any atom is 0.338 e. The molecule has 0 aliphatic carbocycles. The van der Waals surface area contributed by atoms with E-state index in [2.05, 4.69) is 5.32 Å². The number of nitrogens with one attached hydrogen (secondary N) is 1. The predicted molar refractivity (Wildman–Crippen MR) is 91.1 cm³/mol. The maximum absolute atomic E-state index is 12.0. The number of hydrogen-bond acceptors (Lipinski definition) is 7. The molecule has 1 saturated heterocycles. The third-order valence-corrected chi connectivity index (χ3v) is 5.07. The fraction of sp³-hybridized carbons (Fsp3) is 0.875. The summed E-state index contributed by atoms with van der Waals surface area (Å²) < 4.78 is 39.7. The van der Waals surface area contributed by atoms with Crippen LogP contribution < -0.4 is 5.32 Å². The summed E-state index contributed by atoms with van der Waals surface area (Å²) in [7, 11) is -3.75. The number of carbonyl (C=O) groups excluding carboxylic acids is 2. The van der Waals surface area contributed by atoms with Crippen molar-refractivity contribution in [3.8, 4) is 0 Å². The zero-order valence-electron chi connectivity index (χ0n) is 15.4. The molecular weight excluding hydrogens is 350 g/mol. The fourth-order valence-electron chi connectivity index (χ4n) is 2.32. The van der Waals surface area contributed by atoms with Gasteiger partial charge in [-0.15, -0.1) is 0 Å². The lowest BCUT2D eigenvalue weighted by atomic mass is 9.88. The van der Waals surface area contributed by atoms with Gasteiger partial charge in [-0.25, -0.2) is 4.79 Å². The number of esters is 1. The standard InChI is InChI=1S/C16H29NO7S/c1-5-6-8-13-23-14(15(19)24-13)16(3,4)11-22-25(20,21)10-7-9-17-12(2)18/h13-14H,5-11H2,1-4H3,(H,17,18)/t13?,14-/m0/s1. The van der Waals surface area contributed by atoms with E-state index in [0.717, 1.165) is 12.8 Å². The topological polar surface area (TPSA) is 108 Å². The van der Waals surface area contributed by atoms with Gasteiger partial charge in [0.15, 0.2) is 6.10 Å². The summed E-state index contributed by atoms with van der Waals surface area (Å²) in [5.41, 5.74) is -0.844. The lowest BCUT2D eigenvalue weighted by Gasteiger charge is -2.27. The van der Waals surface area contributed by atoms with Gasteiger partial charge < -0.3 is 14.8 Å². The van der Waals surface area contributed by atoms with E-state index < -0.39 is 33.9 Å². The van der Waals surface area contributed by atoms with Gasteiger partial charge in [0.1, 0.15) is 0 Å². The molecule has 9 heteroatoms. The van der Waals surface area contributed by atoms with E-state index in [1.54, 1.807) is 13.8 Å². The number of hydrogen-bond donors (Lipinski definition) is 1.